The highest BCUT2D eigenvalue weighted by molar-refractivity contribution is 7.92. The van der Waals surface area contributed by atoms with Gasteiger partial charge in [0.15, 0.2) is 0 Å². The summed E-state index contributed by atoms with van der Waals surface area (Å²) >= 11 is 0. The minimum atomic E-state index is -3.79. The number of nitrogens with zero attached hydrogens (tertiary/aromatic N) is 1. The quantitative estimate of drug-likeness (QED) is 0.764. The minimum absolute atomic E-state index is 0.229. The minimum Gasteiger partial charge on any atom is -0.497 e. The zero-order chi connectivity index (χ0) is 21.1. The van der Waals surface area contributed by atoms with Crippen LogP contribution in [0.5, 0.6) is 11.5 Å². The lowest BCUT2D eigenvalue weighted by Gasteiger charge is -2.29. The largest absolute Gasteiger partial charge is 0.497 e. The third kappa shape index (κ3) is 4.95. The molecule has 0 aromatic heterocycles. The number of ether oxygens (including phenoxy) is 2. The summed E-state index contributed by atoms with van der Waals surface area (Å²) in [7, 11) is -0.876. The number of hydrogen-bond acceptors (Lipinski definition) is 5. The van der Waals surface area contributed by atoms with Crippen LogP contribution in [0.4, 0.5) is 11.4 Å². The molecule has 1 unspecified atom stereocenters. The predicted octanol–water partition coefficient (Wildman–Crippen LogP) is 3.11. The van der Waals surface area contributed by atoms with Crippen molar-refractivity contribution in [3.8, 4) is 11.5 Å². The van der Waals surface area contributed by atoms with Crippen molar-refractivity contribution in [2.75, 3.05) is 30.1 Å². The van der Waals surface area contributed by atoms with Gasteiger partial charge >= 0.3 is 0 Å². The van der Waals surface area contributed by atoms with Crippen LogP contribution in [0.1, 0.15) is 18.1 Å². The summed E-state index contributed by atoms with van der Waals surface area (Å²) < 4.78 is 36.7. The van der Waals surface area contributed by atoms with Gasteiger partial charge in [-0.15, -0.1) is 0 Å². The number of amides is 1. The van der Waals surface area contributed by atoms with Crippen LogP contribution in [0.2, 0.25) is 0 Å². The van der Waals surface area contributed by atoms with Crippen molar-refractivity contribution in [2.24, 2.45) is 0 Å². The normalized spacial score (nSPS) is 12.2. The predicted molar refractivity (Wildman–Crippen MR) is 111 cm³/mol. The zero-order valence-electron chi connectivity index (χ0n) is 16.9. The van der Waals surface area contributed by atoms with Crippen LogP contribution in [-0.4, -0.2) is 40.8 Å². The maximum atomic E-state index is 12.9. The maximum absolute atomic E-state index is 12.9. The lowest BCUT2D eigenvalue weighted by atomic mass is 10.1. The van der Waals surface area contributed by atoms with Crippen molar-refractivity contribution < 1.29 is 22.7 Å². The zero-order valence-corrected chi connectivity index (χ0v) is 17.8. The van der Waals surface area contributed by atoms with Crippen LogP contribution in [0.3, 0.4) is 0 Å². The van der Waals surface area contributed by atoms with E-state index >= 15 is 0 Å². The van der Waals surface area contributed by atoms with Crippen molar-refractivity contribution in [3.63, 3.8) is 0 Å². The number of benzene rings is 2. The van der Waals surface area contributed by atoms with E-state index in [1.165, 1.54) is 27.2 Å². The Morgan fingerprint density at radius 2 is 1.64 bits per heavy atom. The first-order chi connectivity index (χ1) is 13.1. The molecule has 1 amide bonds. The van der Waals surface area contributed by atoms with E-state index in [1.807, 2.05) is 32.0 Å². The van der Waals surface area contributed by atoms with E-state index in [9.17, 15) is 13.2 Å². The molecule has 0 saturated heterocycles. The fraction of sp³-hybridized carbons (Fsp3) is 0.350. The number of anilines is 2. The lowest BCUT2D eigenvalue weighted by molar-refractivity contribution is -0.116. The Bertz CT molecular complexity index is 952. The van der Waals surface area contributed by atoms with Crippen molar-refractivity contribution in [3.05, 3.63) is 47.5 Å². The molecule has 2 rings (SSSR count). The fourth-order valence-corrected chi connectivity index (χ4v) is 4.21. The first kappa shape index (κ1) is 21.6. The van der Waals surface area contributed by atoms with Crippen LogP contribution < -0.4 is 19.1 Å². The summed E-state index contributed by atoms with van der Waals surface area (Å²) in [5.41, 5.74) is 2.84. The Morgan fingerprint density at radius 1 is 1.04 bits per heavy atom. The van der Waals surface area contributed by atoms with Gasteiger partial charge in [-0.05, 0) is 56.2 Å². The molecule has 0 aliphatic carbocycles. The second-order valence-electron chi connectivity index (χ2n) is 6.64. The summed E-state index contributed by atoms with van der Waals surface area (Å²) in [6.07, 6.45) is 1.05. The Kier molecular flexibility index (Phi) is 6.56. The number of carbonyl (C=O) groups excluding carboxylic acids is 1. The molecule has 0 aliphatic heterocycles. The average molecular weight is 407 g/mol. The van der Waals surface area contributed by atoms with Gasteiger partial charge in [0.05, 0.1) is 26.2 Å². The van der Waals surface area contributed by atoms with E-state index < -0.39 is 22.0 Å². The highest BCUT2D eigenvalue weighted by Crippen LogP contribution is 2.35. The van der Waals surface area contributed by atoms with Gasteiger partial charge in [0.25, 0.3) is 0 Å². The number of aryl methyl sites for hydroxylation is 2. The highest BCUT2D eigenvalue weighted by Gasteiger charge is 2.31. The number of sulfonamides is 1. The van der Waals surface area contributed by atoms with Crippen LogP contribution in [0.15, 0.2) is 36.4 Å². The third-order valence-electron chi connectivity index (χ3n) is 4.20. The number of hydrogen-bond donors (Lipinski definition) is 1. The molecule has 0 radical (unpaired) electrons. The topological polar surface area (TPSA) is 84.9 Å². The third-order valence-corrected chi connectivity index (χ3v) is 5.43. The standard InChI is InChI=1S/C20H26N2O5S/c1-13-9-14(2)11-16(10-13)21-20(23)15(3)22(28(6,24)25)18-12-17(26-4)7-8-19(18)27-5/h7-12,15H,1-6H3,(H,21,23). The fourth-order valence-electron chi connectivity index (χ4n) is 3.04. The highest BCUT2D eigenvalue weighted by atomic mass is 32.2. The van der Waals surface area contributed by atoms with Crippen molar-refractivity contribution in [1.82, 2.24) is 0 Å². The van der Waals surface area contributed by atoms with Gasteiger partial charge in [-0.2, -0.15) is 0 Å². The van der Waals surface area contributed by atoms with E-state index in [-0.39, 0.29) is 5.69 Å². The average Bonchev–Trinajstić information content (AvgIpc) is 2.59. The van der Waals surface area contributed by atoms with Gasteiger partial charge in [0.2, 0.25) is 15.9 Å². The molecule has 8 heteroatoms. The van der Waals surface area contributed by atoms with E-state index in [2.05, 4.69) is 5.32 Å². The van der Waals surface area contributed by atoms with Crippen LogP contribution in [0.25, 0.3) is 0 Å². The van der Waals surface area contributed by atoms with Crippen LogP contribution in [0, 0.1) is 13.8 Å². The molecule has 2 aromatic carbocycles. The number of carbonyl (C=O) groups is 1. The molecule has 28 heavy (non-hydrogen) atoms. The van der Waals surface area contributed by atoms with E-state index in [1.54, 1.807) is 12.1 Å². The Balaban J connectivity index is 2.44. The van der Waals surface area contributed by atoms with E-state index in [0.29, 0.717) is 17.2 Å². The summed E-state index contributed by atoms with van der Waals surface area (Å²) in [5.74, 6) is 0.309. The second-order valence-corrected chi connectivity index (χ2v) is 8.50. The first-order valence-electron chi connectivity index (χ1n) is 8.67. The van der Waals surface area contributed by atoms with Gasteiger partial charge in [0, 0.05) is 11.8 Å². The molecule has 0 bridgehead atoms. The molecule has 1 N–H and O–H groups in total. The molecule has 0 aliphatic rings. The number of nitrogens with one attached hydrogen (secondary N) is 1. The van der Waals surface area contributed by atoms with Gasteiger partial charge in [-0.1, -0.05) is 6.07 Å². The lowest BCUT2D eigenvalue weighted by Crippen LogP contribution is -2.45. The molecule has 0 spiro atoms. The summed E-state index contributed by atoms with van der Waals surface area (Å²) in [6.45, 7) is 5.38. The van der Waals surface area contributed by atoms with Crippen molar-refractivity contribution in [1.29, 1.82) is 0 Å². The summed E-state index contributed by atoms with van der Waals surface area (Å²) in [6, 6.07) is 9.41. The molecule has 2 aromatic rings. The van der Waals surface area contributed by atoms with E-state index in [0.717, 1.165) is 21.7 Å². The Labute approximate surface area is 166 Å². The molecule has 7 nitrogen and oxygen atoms in total. The summed E-state index contributed by atoms with van der Waals surface area (Å²) in [4.78, 5) is 12.9. The van der Waals surface area contributed by atoms with Gasteiger partial charge in [0.1, 0.15) is 17.5 Å². The van der Waals surface area contributed by atoms with Gasteiger partial charge in [-0.25, -0.2) is 8.42 Å². The van der Waals surface area contributed by atoms with Gasteiger partial charge in [-0.3, -0.25) is 9.10 Å². The molecule has 0 fully saturated rings. The van der Waals surface area contributed by atoms with Crippen LogP contribution >= 0.6 is 0 Å². The summed E-state index contributed by atoms with van der Waals surface area (Å²) in [5, 5.41) is 2.79. The van der Waals surface area contributed by atoms with Crippen molar-refractivity contribution in [2.45, 2.75) is 26.8 Å². The molecule has 0 saturated carbocycles. The number of rotatable bonds is 7. The SMILES string of the molecule is COc1ccc(OC)c(N(C(C)C(=O)Nc2cc(C)cc(C)c2)S(C)(=O)=O)c1. The Hall–Kier alpha value is -2.74. The first-order valence-corrected chi connectivity index (χ1v) is 10.5. The smallest absolute Gasteiger partial charge is 0.247 e. The maximum Gasteiger partial charge on any atom is 0.247 e. The molecular weight excluding hydrogens is 380 g/mol. The Morgan fingerprint density at radius 3 is 2.14 bits per heavy atom. The monoisotopic (exact) mass is 406 g/mol. The molecular formula is C20H26N2O5S. The molecule has 152 valence electrons. The van der Waals surface area contributed by atoms with E-state index in [4.69, 9.17) is 9.47 Å². The van der Waals surface area contributed by atoms with Crippen molar-refractivity contribution >= 4 is 27.3 Å². The molecule has 1 atom stereocenters. The van der Waals surface area contributed by atoms with Gasteiger partial charge < -0.3 is 14.8 Å². The molecule has 0 heterocycles. The van der Waals surface area contributed by atoms with Crippen LogP contribution in [-0.2, 0) is 14.8 Å². The number of methoxy groups -OCH3 is 2. The second kappa shape index (κ2) is 8.52.